The Hall–Kier alpha value is -2.13. The van der Waals surface area contributed by atoms with E-state index in [9.17, 15) is 4.79 Å². The summed E-state index contributed by atoms with van der Waals surface area (Å²) in [6.45, 7) is 3.94. The molecule has 0 saturated carbocycles. The van der Waals surface area contributed by atoms with Gasteiger partial charge in [0.15, 0.2) is 0 Å². The number of hydrogen-bond acceptors (Lipinski definition) is 2. The molecule has 1 aliphatic heterocycles. The van der Waals surface area contributed by atoms with E-state index in [1.165, 1.54) is 0 Å². The molecule has 1 heterocycles. The van der Waals surface area contributed by atoms with Crippen LogP contribution in [0, 0.1) is 6.92 Å². The van der Waals surface area contributed by atoms with Gasteiger partial charge in [-0.2, -0.15) is 0 Å². The van der Waals surface area contributed by atoms with E-state index in [2.05, 4.69) is 17.4 Å². The molecule has 0 aliphatic carbocycles. The van der Waals surface area contributed by atoms with Gasteiger partial charge in [0.05, 0.1) is 12.0 Å². The van der Waals surface area contributed by atoms with Crippen molar-refractivity contribution in [2.75, 3.05) is 5.32 Å². The minimum Gasteiger partial charge on any atom is -0.325 e. The summed E-state index contributed by atoms with van der Waals surface area (Å²) in [6.07, 6.45) is 0. The van der Waals surface area contributed by atoms with E-state index in [0.717, 1.165) is 27.9 Å². The zero-order valence-electron chi connectivity index (χ0n) is 11.7. The molecule has 0 spiro atoms. The highest BCUT2D eigenvalue weighted by Gasteiger charge is 2.28. The molecule has 3 N–H and O–H groups in total. The Morgan fingerprint density at radius 3 is 2.55 bits per heavy atom. The lowest BCUT2D eigenvalue weighted by Crippen LogP contribution is -2.12. The zero-order chi connectivity index (χ0) is 14.3. The number of carbonyl (C=O) groups excluding carboxylic acids is 1. The SMILES string of the molecule is Cc1cc(C(N)c2ccccc2)cc2c1NC(=O)C2C. The maximum atomic E-state index is 11.8. The second kappa shape index (κ2) is 4.76. The van der Waals surface area contributed by atoms with Crippen molar-refractivity contribution >= 4 is 11.6 Å². The van der Waals surface area contributed by atoms with Crippen LogP contribution in [0.15, 0.2) is 42.5 Å². The van der Waals surface area contributed by atoms with Crippen molar-refractivity contribution in [2.24, 2.45) is 5.73 Å². The molecule has 1 amide bonds. The van der Waals surface area contributed by atoms with Crippen LogP contribution in [0.5, 0.6) is 0 Å². The lowest BCUT2D eigenvalue weighted by Gasteiger charge is -2.16. The van der Waals surface area contributed by atoms with E-state index >= 15 is 0 Å². The summed E-state index contributed by atoms with van der Waals surface area (Å²) in [5.41, 5.74) is 11.6. The first-order valence-corrected chi connectivity index (χ1v) is 6.83. The van der Waals surface area contributed by atoms with Gasteiger partial charge in [-0.15, -0.1) is 0 Å². The molecule has 2 aromatic rings. The number of carbonyl (C=O) groups is 1. The van der Waals surface area contributed by atoms with Gasteiger partial charge in [-0.1, -0.05) is 42.5 Å². The van der Waals surface area contributed by atoms with Crippen molar-refractivity contribution in [1.29, 1.82) is 0 Å². The summed E-state index contributed by atoms with van der Waals surface area (Å²) in [7, 11) is 0. The number of nitrogens with two attached hydrogens (primary N) is 1. The predicted octanol–water partition coefficient (Wildman–Crippen LogP) is 3.10. The van der Waals surface area contributed by atoms with Gasteiger partial charge in [-0.3, -0.25) is 4.79 Å². The Bertz CT molecular complexity index is 664. The number of anilines is 1. The van der Waals surface area contributed by atoms with Crippen molar-refractivity contribution < 1.29 is 4.79 Å². The molecular formula is C17H18N2O. The first-order chi connectivity index (χ1) is 9.58. The summed E-state index contributed by atoms with van der Waals surface area (Å²) >= 11 is 0. The number of hydrogen-bond donors (Lipinski definition) is 2. The van der Waals surface area contributed by atoms with E-state index in [-0.39, 0.29) is 17.9 Å². The third kappa shape index (κ3) is 2.00. The Balaban J connectivity index is 2.05. The van der Waals surface area contributed by atoms with Crippen molar-refractivity contribution in [1.82, 2.24) is 0 Å². The quantitative estimate of drug-likeness (QED) is 0.877. The monoisotopic (exact) mass is 266 g/mol. The van der Waals surface area contributed by atoms with Crippen LogP contribution in [0.3, 0.4) is 0 Å². The molecule has 0 bridgehead atoms. The average molecular weight is 266 g/mol. The van der Waals surface area contributed by atoms with Crippen LogP contribution in [0.25, 0.3) is 0 Å². The van der Waals surface area contributed by atoms with Gasteiger partial charge in [0.2, 0.25) is 5.91 Å². The van der Waals surface area contributed by atoms with Crippen molar-refractivity contribution in [2.45, 2.75) is 25.8 Å². The van der Waals surface area contributed by atoms with Gasteiger partial charge in [0, 0.05) is 5.69 Å². The fourth-order valence-electron chi connectivity index (χ4n) is 2.76. The fraction of sp³-hybridized carbons (Fsp3) is 0.235. The third-order valence-corrected chi connectivity index (χ3v) is 4.01. The molecule has 0 fully saturated rings. The molecular weight excluding hydrogens is 248 g/mol. The fourth-order valence-corrected chi connectivity index (χ4v) is 2.76. The van der Waals surface area contributed by atoms with Gasteiger partial charge in [0.25, 0.3) is 0 Å². The number of benzene rings is 2. The van der Waals surface area contributed by atoms with Crippen LogP contribution >= 0.6 is 0 Å². The third-order valence-electron chi connectivity index (χ3n) is 4.01. The smallest absolute Gasteiger partial charge is 0.231 e. The van der Waals surface area contributed by atoms with E-state index in [1.54, 1.807) is 0 Å². The zero-order valence-corrected chi connectivity index (χ0v) is 11.7. The Morgan fingerprint density at radius 1 is 1.15 bits per heavy atom. The van der Waals surface area contributed by atoms with Gasteiger partial charge >= 0.3 is 0 Å². The van der Waals surface area contributed by atoms with Gasteiger partial charge in [-0.25, -0.2) is 0 Å². The number of amides is 1. The Morgan fingerprint density at radius 2 is 1.85 bits per heavy atom. The van der Waals surface area contributed by atoms with Crippen molar-refractivity contribution in [3.05, 3.63) is 64.7 Å². The highest BCUT2D eigenvalue weighted by Crippen LogP contribution is 2.37. The predicted molar refractivity (Wildman–Crippen MR) is 80.7 cm³/mol. The van der Waals surface area contributed by atoms with Crippen LogP contribution < -0.4 is 11.1 Å². The first kappa shape index (κ1) is 12.9. The molecule has 0 saturated heterocycles. The second-order valence-corrected chi connectivity index (χ2v) is 5.40. The van der Waals surface area contributed by atoms with E-state index < -0.39 is 0 Å². The molecule has 1 aliphatic rings. The highest BCUT2D eigenvalue weighted by atomic mass is 16.2. The minimum atomic E-state index is -0.164. The summed E-state index contributed by atoms with van der Waals surface area (Å²) in [4.78, 5) is 11.8. The maximum Gasteiger partial charge on any atom is 0.231 e. The standard InChI is InChI=1S/C17H18N2O/c1-10-8-13(15(18)12-6-4-3-5-7-12)9-14-11(2)17(20)19-16(10)14/h3-9,11,15H,18H2,1-2H3,(H,19,20). The molecule has 3 heteroatoms. The lowest BCUT2D eigenvalue weighted by molar-refractivity contribution is -0.116. The first-order valence-electron chi connectivity index (χ1n) is 6.83. The number of rotatable bonds is 2. The summed E-state index contributed by atoms with van der Waals surface area (Å²) < 4.78 is 0. The second-order valence-electron chi connectivity index (χ2n) is 5.40. The van der Waals surface area contributed by atoms with Crippen molar-refractivity contribution in [3.8, 4) is 0 Å². The summed E-state index contributed by atoms with van der Waals surface area (Å²) in [5, 5.41) is 2.94. The van der Waals surface area contributed by atoms with Gasteiger partial charge < -0.3 is 11.1 Å². The minimum absolute atomic E-state index is 0.0635. The summed E-state index contributed by atoms with van der Waals surface area (Å²) in [5.74, 6) is -0.0415. The number of aryl methyl sites for hydroxylation is 1. The highest BCUT2D eigenvalue weighted by molar-refractivity contribution is 6.03. The molecule has 3 nitrogen and oxygen atoms in total. The lowest BCUT2D eigenvalue weighted by atomic mass is 9.92. The summed E-state index contributed by atoms with van der Waals surface area (Å²) in [6, 6.07) is 14.0. The van der Waals surface area contributed by atoms with Gasteiger partial charge in [-0.05, 0) is 36.1 Å². The molecule has 0 radical (unpaired) electrons. The maximum absolute atomic E-state index is 11.8. The van der Waals surface area contributed by atoms with Crippen LogP contribution in [-0.2, 0) is 4.79 Å². The molecule has 3 rings (SSSR count). The van der Waals surface area contributed by atoms with Crippen LogP contribution in [-0.4, -0.2) is 5.91 Å². The number of nitrogens with one attached hydrogen (secondary N) is 1. The molecule has 102 valence electrons. The Labute approximate surface area is 118 Å². The number of fused-ring (bicyclic) bond motifs is 1. The van der Waals surface area contributed by atoms with Gasteiger partial charge in [0.1, 0.15) is 0 Å². The van der Waals surface area contributed by atoms with E-state index in [0.29, 0.717) is 0 Å². The average Bonchev–Trinajstić information content (AvgIpc) is 2.76. The van der Waals surface area contributed by atoms with Crippen LogP contribution in [0.2, 0.25) is 0 Å². The van der Waals surface area contributed by atoms with Crippen molar-refractivity contribution in [3.63, 3.8) is 0 Å². The normalized spacial score (nSPS) is 18.6. The Kier molecular flexibility index (Phi) is 3.07. The molecule has 20 heavy (non-hydrogen) atoms. The molecule has 2 atom stereocenters. The molecule has 2 aromatic carbocycles. The topological polar surface area (TPSA) is 55.1 Å². The van der Waals surface area contributed by atoms with Crippen LogP contribution in [0.4, 0.5) is 5.69 Å². The van der Waals surface area contributed by atoms with E-state index in [1.807, 2.05) is 44.2 Å². The molecule has 2 unspecified atom stereocenters. The molecule has 0 aromatic heterocycles. The van der Waals surface area contributed by atoms with E-state index in [4.69, 9.17) is 5.73 Å². The van der Waals surface area contributed by atoms with Crippen LogP contribution in [0.1, 0.15) is 41.1 Å². The largest absolute Gasteiger partial charge is 0.325 e.